The van der Waals surface area contributed by atoms with Gasteiger partial charge in [-0.2, -0.15) is 0 Å². The van der Waals surface area contributed by atoms with Gasteiger partial charge in [0, 0.05) is 17.5 Å². The molecule has 0 aliphatic carbocycles. The summed E-state index contributed by atoms with van der Waals surface area (Å²) >= 11 is 1.55. The number of rotatable bonds is 9. The van der Waals surface area contributed by atoms with Crippen LogP contribution in [0, 0.1) is 0 Å². The van der Waals surface area contributed by atoms with E-state index in [0.717, 1.165) is 42.2 Å². The van der Waals surface area contributed by atoms with E-state index in [1.807, 2.05) is 24.3 Å². The minimum absolute atomic E-state index is 0.0829. The summed E-state index contributed by atoms with van der Waals surface area (Å²) in [7, 11) is 1.64. The summed E-state index contributed by atoms with van der Waals surface area (Å²) in [6, 6.07) is 9.09. The Kier molecular flexibility index (Phi) is 7.00. The molecule has 0 radical (unpaired) electrons. The van der Waals surface area contributed by atoms with Crippen LogP contribution < -0.4 is 15.0 Å². The number of nitrogens with one attached hydrogen (secondary N) is 1. The van der Waals surface area contributed by atoms with E-state index in [4.69, 9.17) is 9.47 Å². The Bertz CT molecular complexity index is 656. The summed E-state index contributed by atoms with van der Waals surface area (Å²) < 4.78 is 10.8. The highest BCUT2D eigenvalue weighted by molar-refractivity contribution is 7.99. The Morgan fingerprint density at radius 3 is 2.65 bits per heavy atom. The maximum absolute atomic E-state index is 11.6. The van der Waals surface area contributed by atoms with Crippen molar-refractivity contribution in [2.24, 2.45) is 0 Å². The van der Waals surface area contributed by atoms with Gasteiger partial charge in [-0.3, -0.25) is 4.79 Å². The SMILES string of the molecule is CCCc1cc(=O)[nH]c(SCCCOc2ccc(OC)cc2)n1. The molecule has 2 rings (SSSR count). The van der Waals surface area contributed by atoms with Crippen LogP contribution in [0.5, 0.6) is 11.5 Å². The molecule has 0 aliphatic heterocycles. The number of hydrogen-bond donors (Lipinski definition) is 1. The summed E-state index contributed by atoms with van der Waals surface area (Å²) in [5.74, 6) is 2.48. The molecule has 1 heterocycles. The van der Waals surface area contributed by atoms with Gasteiger partial charge in [0.1, 0.15) is 11.5 Å². The molecule has 0 bridgehead atoms. The third kappa shape index (κ3) is 5.98. The molecule has 0 amide bonds. The number of ether oxygens (including phenoxy) is 2. The van der Waals surface area contributed by atoms with Crippen molar-refractivity contribution >= 4 is 11.8 Å². The Hall–Kier alpha value is -1.95. The zero-order chi connectivity index (χ0) is 16.5. The number of nitrogens with zero attached hydrogens (tertiary/aromatic N) is 1. The molecule has 0 saturated heterocycles. The van der Waals surface area contributed by atoms with E-state index >= 15 is 0 Å². The number of benzene rings is 1. The lowest BCUT2D eigenvalue weighted by molar-refractivity contribution is 0.318. The second-order valence-corrected chi connectivity index (χ2v) is 6.10. The van der Waals surface area contributed by atoms with Gasteiger partial charge in [0.25, 0.3) is 5.56 Å². The minimum Gasteiger partial charge on any atom is -0.497 e. The van der Waals surface area contributed by atoms with Crippen LogP contribution in [-0.4, -0.2) is 29.4 Å². The van der Waals surface area contributed by atoms with Gasteiger partial charge in [-0.05, 0) is 37.1 Å². The van der Waals surface area contributed by atoms with Crippen LogP contribution in [-0.2, 0) is 6.42 Å². The zero-order valence-electron chi connectivity index (χ0n) is 13.5. The molecule has 0 spiro atoms. The van der Waals surface area contributed by atoms with Crippen LogP contribution in [0.3, 0.4) is 0 Å². The predicted molar refractivity (Wildman–Crippen MR) is 92.7 cm³/mol. The molecule has 1 N–H and O–H groups in total. The van der Waals surface area contributed by atoms with Gasteiger partial charge in [-0.1, -0.05) is 25.1 Å². The number of H-pyrrole nitrogens is 1. The number of hydrogen-bond acceptors (Lipinski definition) is 5. The standard InChI is InChI=1S/C17H22N2O3S/c1-3-5-13-12-16(20)19-17(18-13)23-11-4-10-22-15-8-6-14(21-2)7-9-15/h6-9,12H,3-5,10-11H2,1-2H3,(H,18,19,20). The lowest BCUT2D eigenvalue weighted by Gasteiger charge is -2.07. The average Bonchev–Trinajstić information content (AvgIpc) is 2.55. The van der Waals surface area contributed by atoms with Crippen LogP contribution in [0.1, 0.15) is 25.5 Å². The smallest absolute Gasteiger partial charge is 0.251 e. The lowest BCUT2D eigenvalue weighted by Crippen LogP contribution is -2.10. The Labute approximate surface area is 140 Å². The van der Waals surface area contributed by atoms with E-state index in [1.54, 1.807) is 24.9 Å². The van der Waals surface area contributed by atoms with E-state index in [1.165, 1.54) is 0 Å². The quantitative estimate of drug-likeness (QED) is 0.433. The normalized spacial score (nSPS) is 10.5. The summed E-state index contributed by atoms with van der Waals surface area (Å²) in [6.07, 6.45) is 2.69. The van der Waals surface area contributed by atoms with Crippen molar-refractivity contribution in [1.82, 2.24) is 9.97 Å². The number of aromatic amines is 1. The van der Waals surface area contributed by atoms with Crippen molar-refractivity contribution in [1.29, 1.82) is 0 Å². The van der Waals surface area contributed by atoms with Gasteiger partial charge in [0.05, 0.1) is 13.7 Å². The van der Waals surface area contributed by atoms with E-state index in [0.29, 0.717) is 11.8 Å². The molecular formula is C17H22N2O3S. The highest BCUT2D eigenvalue weighted by Gasteiger charge is 2.02. The molecular weight excluding hydrogens is 312 g/mol. The molecule has 1 aromatic carbocycles. The van der Waals surface area contributed by atoms with Crippen LogP contribution in [0.2, 0.25) is 0 Å². The van der Waals surface area contributed by atoms with Gasteiger partial charge in [-0.25, -0.2) is 4.98 Å². The highest BCUT2D eigenvalue weighted by atomic mass is 32.2. The Morgan fingerprint density at radius 2 is 1.96 bits per heavy atom. The molecule has 23 heavy (non-hydrogen) atoms. The average molecular weight is 334 g/mol. The summed E-state index contributed by atoms with van der Waals surface area (Å²) in [5.41, 5.74) is 0.772. The highest BCUT2D eigenvalue weighted by Crippen LogP contribution is 2.18. The molecule has 0 unspecified atom stereocenters. The molecule has 0 fully saturated rings. The third-order valence-electron chi connectivity index (χ3n) is 3.13. The van der Waals surface area contributed by atoms with E-state index in [2.05, 4.69) is 16.9 Å². The monoisotopic (exact) mass is 334 g/mol. The van der Waals surface area contributed by atoms with Gasteiger partial charge in [-0.15, -0.1) is 0 Å². The maximum Gasteiger partial charge on any atom is 0.251 e. The Morgan fingerprint density at radius 1 is 1.22 bits per heavy atom. The van der Waals surface area contributed by atoms with Crippen LogP contribution in [0.25, 0.3) is 0 Å². The summed E-state index contributed by atoms with van der Waals surface area (Å²) in [4.78, 5) is 18.8. The second kappa shape index (κ2) is 9.25. The lowest BCUT2D eigenvalue weighted by atomic mass is 10.2. The number of methoxy groups -OCH3 is 1. The minimum atomic E-state index is -0.0829. The van der Waals surface area contributed by atoms with E-state index in [-0.39, 0.29) is 5.56 Å². The van der Waals surface area contributed by atoms with Crippen molar-refractivity contribution in [3.63, 3.8) is 0 Å². The van der Waals surface area contributed by atoms with Crippen molar-refractivity contribution < 1.29 is 9.47 Å². The van der Waals surface area contributed by atoms with Gasteiger partial charge < -0.3 is 14.5 Å². The predicted octanol–water partition coefficient (Wildman–Crippen LogP) is 3.29. The maximum atomic E-state index is 11.6. The third-order valence-corrected chi connectivity index (χ3v) is 4.09. The molecule has 0 aliphatic rings. The molecule has 6 heteroatoms. The number of aromatic nitrogens is 2. The summed E-state index contributed by atoms with van der Waals surface area (Å²) in [6.45, 7) is 2.70. The van der Waals surface area contributed by atoms with Gasteiger partial charge in [0.2, 0.25) is 0 Å². The fourth-order valence-electron chi connectivity index (χ4n) is 2.03. The van der Waals surface area contributed by atoms with Gasteiger partial charge >= 0.3 is 0 Å². The van der Waals surface area contributed by atoms with Crippen LogP contribution in [0.15, 0.2) is 40.3 Å². The van der Waals surface area contributed by atoms with Crippen molar-refractivity contribution in [2.75, 3.05) is 19.5 Å². The van der Waals surface area contributed by atoms with Gasteiger partial charge in [0.15, 0.2) is 5.16 Å². The molecule has 0 saturated carbocycles. The molecule has 1 aromatic heterocycles. The Balaban J connectivity index is 1.73. The van der Waals surface area contributed by atoms with Crippen LogP contribution in [0.4, 0.5) is 0 Å². The first-order valence-corrected chi connectivity index (χ1v) is 8.69. The topological polar surface area (TPSA) is 64.2 Å². The van der Waals surface area contributed by atoms with Crippen molar-refractivity contribution in [3.8, 4) is 11.5 Å². The summed E-state index contributed by atoms with van der Waals surface area (Å²) in [5, 5.41) is 0.686. The number of thioether (sulfide) groups is 1. The zero-order valence-corrected chi connectivity index (χ0v) is 14.3. The van der Waals surface area contributed by atoms with Crippen LogP contribution >= 0.6 is 11.8 Å². The number of aryl methyl sites for hydroxylation is 1. The first-order valence-electron chi connectivity index (χ1n) is 7.71. The molecule has 5 nitrogen and oxygen atoms in total. The molecule has 124 valence electrons. The van der Waals surface area contributed by atoms with E-state index < -0.39 is 0 Å². The fraction of sp³-hybridized carbons (Fsp3) is 0.412. The van der Waals surface area contributed by atoms with Crippen molar-refractivity contribution in [3.05, 3.63) is 46.4 Å². The second-order valence-electron chi connectivity index (χ2n) is 5.02. The van der Waals surface area contributed by atoms with E-state index in [9.17, 15) is 4.79 Å². The molecule has 2 aromatic rings. The van der Waals surface area contributed by atoms with Crippen molar-refractivity contribution in [2.45, 2.75) is 31.3 Å². The fourth-order valence-corrected chi connectivity index (χ4v) is 2.84. The first-order chi connectivity index (χ1) is 11.2. The molecule has 0 atom stereocenters. The first kappa shape index (κ1) is 17.4. The largest absolute Gasteiger partial charge is 0.497 e.